The van der Waals surface area contributed by atoms with E-state index in [1.54, 1.807) is 13.8 Å². The molecule has 4 saturated carbocycles. The predicted octanol–water partition coefficient (Wildman–Crippen LogP) is 2.39. The Hall–Kier alpha value is -1.39. The van der Waals surface area contributed by atoms with E-state index in [-0.39, 0.29) is 30.2 Å². The molecule has 0 radical (unpaired) electrons. The number of carbonyl (C=O) groups excluding carboxylic acids is 3. The normalized spacial score (nSPS) is 46.7. The number of carbonyl (C=O) groups is 3. The highest BCUT2D eigenvalue weighted by molar-refractivity contribution is 6.06. The highest BCUT2D eigenvalue weighted by Gasteiger charge is 2.57. The van der Waals surface area contributed by atoms with Crippen LogP contribution in [-0.4, -0.2) is 34.8 Å². The quantitative estimate of drug-likeness (QED) is 0.588. The maximum atomic E-state index is 12.5. The minimum atomic E-state index is -0.423. The Bertz CT molecular complexity index is 550. The molecule has 0 spiro atoms. The third kappa shape index (κ3) is 2.23. The Kier molecular flexibility index (Phi) is 3.56. The van der Waals surface area contributed by atoms with Gasteiger partial charge in [-0.25, -0.2) is 0 Å². The number of esters is 1. The summed E-state index contributed by atoms with van der Waals surface area (Å²) in [6.45, 7) is 5.34. The van der Waals surface area contributed by atoms with E-state index in [2.05, 4.69) is 6.92 Å². The van der Waals surface area contributed by atoms with Gasteiger partial charge in [0.15, 0.2) is 0 Å². The third-order valence-corrected chi connectivity index (χ3v) is 7.44. The van der Waals surface area contributed by atoms with Crippen LogP contribution in [0.2, 0.25) is 0 Å². The van der Waals surface area contributed by atoms with Crippen LogP contribution in [0, 0.1) is 35.5 Å². The molecule has 4 aliphatic carbocycles. The summed E-state index contributed by atoms with van der Waals surface area (Å²) in [6.07, 6.45) is 5.99. The molecule has 2 unspecified atom stereocenters. The second-order valence-electron chi connectivity index (χ2n) is 8.80. The fraction of sp³-hybridized carbons (Fsp3) is 0.842. The van der Waals surface area contributed by atoms with Gasteiger partial charge in [-0.05, 0) is 62.7 Å². The molecule has 5 rings (SSSR count). The third-order valence-electron chi connectivity index (χ3n) is 7.44. The number of nitrogens with zero attached hydrogens (tertiary/aromatic N) is 1. The lowest BCUT2D eigenvalue weighted by Crippen LogP contribution is -2.58. The van der Waals surface area contributed by atoms with Crippen LogP contribution in [0.3, 0.4) is 0 Å². The molecule has 5 fully saturated rings. The van der Waals surface area contributed by atoms with E-state index < -0.39 is 11.6 Å². The second-order valence-corrected chi connectivity index (χ2v) is 8.80. The van der Waals surface area contributed by atoms with E-state index in [0.29, 0.717) is 11.8 Å². The van der Waals surface area contributed by atoms with Gasteiger partial charge in [-0.2, -0.15) is 0 Å². The van der Waals surface area contributed by atoms with Gasteiger partial charge >= 0.3 is 5.97 Å². The number of ether oxygens (including phenoxy) is 1. The van der Waals surface area contributed by atoms with Gasteiger partial charge in [-0.3, -0.25) is 19.3 Å². The standard InChI is InChI=1S/C19H27NO4/c1-10-11(2)18(23)20(17(10)22)9-16(21)24-19(3)14-5-12-4-13(7-14)8-15(19)6-12/h10-15H,4-9H2,1-3H3. The minimum Gasteiger partial charge on any atom is -0.457 e. The fourth-order valence-electron chi connectivity index (χ4n) is 5.88. The Morgan fingerprint density at radius 1 is 1.00 bits per heavy atom. The second kappa shape index (κ2) is 5.30. The van der Waals surface area contributed by atoms with Crippen LogP contribution in [0.15, 0.2) is 0 Å². The zero-order chi connectivity index (χ0) is 17.2. The Morgan fingerprint density at radius 2 is 1.46 bits per heavy atom. The lowest BCUT2D eigenvalue weighted by Gasteiger charge is -2.59. The van der Waals surface area contributed by atoms with Gasteiger partial charge in [0, 0.05) is 11.8 Å². The first-order valence-corrected chi connectivity index (χ1v) is 9.36. The molecule has 2 atom stereocenters. The summed E-state index contributed by atoms with van der Waals surface area (Å²) in [5.74, 6) is 0.892. The SMILES string of the molecule is CC1C(=O)N(CC(=O)OC2(C)C3CC4CC(C3)CC2C4)C(=O)C1C. The molecule has 0 aromatic heterocycles. The first kappa shape index (κ1) is 16.1. The number of hydrogen-bond donors (Lipinski definition) is 0. The van der Waals surface area contributed by atoms with E-state index in [1.165, 1.54) is 6.42 Å². The summed E-state index contributed by atoms with van der Waals surface area (Å²) >= 11 is 0. The van der Waals surface area contributed by atoms with Crippen molar-refractivity contribution in [2.24, 2.45) is 35.5 Å². The zero-order valence-corrected chi connectivity index (χ0v) is 14.8. The van der Waals surface area contributed by atoms with E-state index in [0.717, 1.165) is 42.4 Å². The van der Waals surface area contributed by atoms with Crippen molar-refractivity contribution in [2.45, 2.75) is 58.5 Å². The van der Waals surface area contributed by atoms with Crippen molar-refractivity contribution in [1.29, 1.82) is 0 Å². The first-order chi connectivity index (χ1) is 11.3. The van der Waals surface area contributed by atoms with Crippen molar-refractivity contribution in [1.82, 2.24) is 4.90 Å². The van der Waals surface area contributed by atoms with Gasteiger partial charge in [0.1, 0.15) is 12.1 Å². The number of amides is 2. The maximum absolute atomic E-state index is 12.5. The topological polar surface area (TPSA) is 63.7 Å². The molecule has 5 aliphatic rings. The maximum Gasteiger partial charge on any atom is 0.326 e. The van der Waals surface area contributed by atoms with Crippen molar-refractivity contribution in [3.8, 4) is 0 Å². The molecule has 132 valence electrons. The summed E-state index contributed by atoms with van der Waals surface area (Å²) in [5, 5.41) is 0. The highest BCUT2D eigenvalue weighted by atomic mass is 16.6. The molecule has 1 aliphatic heterocycles. The smallest absolute Gasteiger partial charge is 0.326 e. The van der Waals surface area contributed by atoms with E-state index >= 15 is 0 Å². The molecule has 5 nitrogen and oxygen atoms in total. The predicted molar refractivity (Wildman–Crippen MR) is 86.6 cm³/mol. The summed E-state index contributed by atoms with van der Waals surface area (Å²) in [7, 11) is 0. The zero-order valence-electron chi connectivity index (χ0n) is 14.8. The fourth-order valence-corrected chi connectivity index (χ4v) is 5.88. The van der Waals surface area contributed by atoms with Crippen LogP contribution in [0.1, 0.15) is 52.9 Å². The van der Waals surface area contributed by atoms with Gasteiger partial charge in [-0.15, -0.1) is 0 Å². The lowest BCUT2D eigenvalue weighted by atomic mass is 9.50. The average Bonchev–Trinajstić information content (AvgIpc) is 2.70. The molecule has 4 bridgehead atoms. The molecule has 0 aromatic rings. The average molecular weight is 333 g/mol. The molecular weight excluding hydrogens is 306 g/mol. The monoisotopic (exact) mass is 333 g/mol. The van der Waals surface area contributed by atoms with Crippen molar-refractivity contribution in [2.75, 3.05) is 6.54 Å². The largest absolute Gasteiger partial charge is 0.457 e. The molecule has 0 N–H and O–H groups in total. The van der Waals surface area contributed by atoms with Crippen LogP contribution in [-0.2, 0) is 19.1 Å². The van der Waals surface area contributed by atoms with Crippen LogP contribution < -0.4 is 0 Å². The Balaban J connectivity index is 1.45. The van der Waals surface area contributed by atoms with Crippen LogP contribution in [0.4, 0.5) is 0 Å². The van der Waals surface area contributed by atoms with Crippen molar-refractivity contribution < 1.29 is 19.1 Å². The summed E-state index contributed by atoms with van der Waals surface area (Å²) in [6, 6.07) is 0. The number of hydrogen-bond acceptors (Lipinski definition) is 4. The van der Waals surface area contributed by atoms with Gasteiger partial charge in [0.05, 0.1) is 0 Å². The molecule has 1 heterocycles. The molecule has 5 heteroatoms. The summed E-state index contributed by atoms with van der Waals surface area (Å²) in [5.41, 5.74) is -0.409. The Labute approximate surface area is 143 Å². The molecule has 24 heavy (non-hydrogen) atoms. The van der Waals surface area contributed by atoms with E-state index in [9.17, 15) is 14.4 Å². The van der Waals surface area contributed by atoms with Gasteiger partial charge < -0.3 is 4.74 Å². The van der Waals surface area contributed by atoms with Gasteiger partial charge in [-0.1, -0.05) is 13.8 Å². The molecule has 0 aromatic carbocycles. The van der Waals surface area contributed by atoms with E-state index in [1.807, 2.05) is 0 Å². The number of likely N-dealkylation sites (tertiary alicyclic amines) is 1. The number of rotatable bonds is 3. The van der Waals surface area contributed by atoms with Crippen LogP contribution in [0.25, 0.3) is 0 Å². The minimum absolute atomic E-state index is 0.228. The Morgan fingerprint density at radius 3 is 1.92 bits per heavy atom. The summed E-state index contributed by atoms with van der Waals surface area (Å²) in [4.78, 5) is 38.0. The molecule has 2 amide bonds. The van der Waals surface area contributed by atoms with E-state index in [4.69, 9.17) is 4.74 Å². The molecule has 1 saturated heterocycles. The lowest BCUT2D eigenvalue weighted by molar-refractivity contribution is -0.204. The summed E-state index contributed by atoms with van der Waals surface area (Å²) < 4.78 is 5.96. The van der Waals surface area contributed by atoms with Crippen molar-refractivity contribution in [3.05, 3.63) is 0 Å². The van der Waals surface area contributed by atoms with Crippen molar-refractivity contribution >= 4 is 17.8 Å². The number of imide groups is 1. The molecular formula is C19H27NO4. The highest BCUT2D eigenvalue weighted by Crippen LogP contribution is 2.59. The van der Waals surface area contributed by atoms with Crippen LogP contribution >= 0.6 is 0 Å². The van der Waals surface area contributed by atoms with Crippen molar-refractivity contribution in [3.63, 3.8) is 0 Å². The van der Waals surface area contributed by atoms with Crippen LogP contribution in [0.5, 0.6) is 0 Å². The van der Waals surface area contributed by atoms with Gasteiger partial charge in [0.25, 0.3) is 0 Å². The van der Waals surface area contributed by atoms with Gasteiger partial charge in [0.2, 0.25) is 11.8 Å². The first-order valence-electron chi connectivity index (χ1n) is 9.36.